The highest BCUT2D eigenvalue weighted by molar-refractivity contribution is 7.90. The van der Waals surface area contributed by atoms with Crippen molar-refractivity contribution in [2.75, 3.05) is 7.11 Å². The Morgan fingerprint density at radius 1 is 0.921 bits per heavy atom. The number of halogens is 1. The first-order valence-corrected chi connectivity index (χ1v) is 13.5. The quantitative estimate of drug-likeness (QED) is 0.302. The number of sulfonamides is 1. The Labute approximate surface area is 226 Å². The van der Waals surface area contributed by atoms with E-state index in [1.807, 2.05) is 32.9 Å². The molecular formula is C28H26ClN3O5S. The average Bonchev–Trinajstić information content (AvgIpc) is 2.85. The number of benzene rings is 2. The maximum absolute atomic E-state index is 13.3. The molecule has 0 saturated carbocycles. The van der Waals surface area contributed by atoms with Crippen molar-refractivity contribution in [1.29, 1.82) is 0 Å². The van der Waals surface area contributed by atoms with E-state index in [2.05, 4.69) is 14.7 Å². The predicted molar refractivity (Wildman–Crippen MR) is 146 cm³/mol. The first-order chi connectivity index (χ1) is 18.0. The number of carbonyl (C=O) groups is 1. The third-order valence-electron chi connectivity index (χ3n) is 5.71. The van der Waals surface area contributed by atoms with Gasteiger partial charge in [0, 0.05) is 16.3 Å². The van der Waals surface area contributed by atoms with E-state index < -0.39 is 15.9 Å². The van der Waals surface area contributed by atoms with Crippen molar-refractivity contribution < 1.29 is 22.7 Å². The molecule has 2 aromatic heterocycles. The average molecular weight is 552 g/mol. The van der Waals surface area contributed by atoms with Crippen LogP contribution < -0.4 is 14.2 Å². The number of ether oxygens (including phenoxy) is 2. The molecular weight excluding hydrogens is 526 g/mol. The van der Waals surface area contributed by atoms with Gasteiger partial charge in [-0.25, -0.2) is 14.7 Å². The molecule has 4 rings (SSSR count). The molecule has 0 bridgehead atoms. The third-order valence-corrected chi connectivity index (χ3v) is 7.18. The van der Waals surface area contributed by atoms with E-state index in [9.17, 15) is 13.2 Å². The number of rotatable bonds is 7. The van der Waals surface area contributed by atoms with Crippen LogP contribution in [0.4, 0.5) is 0 Å². The zero-order valence-electron chi connectivity index (χ0n) is 21.5. The van der Waals surface area contributed by atoms with Gasteiger partial charge in [-0.2, -0.15) is 8.42 Å². The van der Waals surface area contributed by atoms with Crippen molar-refractivity contribution in [2.45, 2.75) is 32.7 Å². The van der Waals surface area contributed by atoms with E-state index >= 15 is 0 Å². The standard InChI is InChI=1S/C28H26ClN3O5S/c1-16-13-17(2)26(18(3)14-16)37-28-22(27(33)32-38(34,35)25-8-6-7-19(4)30-25)11-12-23(31-28)21-10-9-20(29)15-24(21)36-5/h6-15H,1-5H3,(H,32,33). The molecule has 1 N–H and O–H groups in total. The number of aryl methyl sites for hydroxylation is 4. The topological polar surface area (TPSA) is 107 Å². The highest BCUT2D eigenvalue weighted by Gasteiger charge is 2.25. The van der Waals surface area contributed by atoms with Crippen LogP contribution in [-0.4, -0.2) is 31.4 Å². The van der Waals surface area contributed by atoms with Gasteiger partial charge in [0.15, 0.2) is 5.03 Å². The molecule has 0 unspecified atom stereocenters. The van der Waals surface area contributed by atoms with Crippen molar-refractivity contribution in [1.82, 2.24) is 14.7 Å². The highest BCUT2D eigenvalue weighted by atomic mass is 35.5. The SMILES string of the molecule is COc1cc(Cl)ccc1-c1ccc(C(=O)NS(=O)(=O)c2cccc(C)n2)c(Oc2c(C)cc(C)cc2C)n1. The first-order valence-electron chi connectivity index (χ1n) is 11.6. The summed E-state index contributed by atoms with van der Waals surface area (Å²) in [6.07, 6.45) is 0. The summed E-state index contributed by atoms with van der Waals surface area (Å²) in [7, 11) is -2.74. The molecule has 38 heavy (non-hydrogen) atoms. The van der Waals surface area contributed by atoms with Crippen molar-refractivity contribution >= 4 is 27.5 Å². The van der Waals surface area contributed by atoms with Gasteiger partial charge in [0.2, 0.25) is 5.88 Å². The number of hydrogen-bond acceptors (Lipinski definition) is 7. The monoisotopic (exact) mass is 551 g/mol. The van der Waals surface area contributed by atoms with Gasteiger partial charge in [-0.15, -0.1) is 0 Å². The number of methoxy groups -OCH3 is 1. The Balaban J connectivity index is 1.81. The van der Waals surface area contributed by atoms with Gasteiger partial charge in [-0.1, -0.05) is 35.4 Å². The zero-order chi connectivity index (χ0) is 27.6. The lowest BCUT2D eigenvalue weighted by Gasteiger charge is -2.16. The molecule has 2 aromatic carbocycles. The molecule has 0 aliphatic carbocycles. The highest BCUT2D eigenvalue weighted by Crippen LogP contribution is 2.36. The van der Waals surface area contributed by atoms with Gasteiger partial charge in [-0.3, -0.25) is 4.79 Å². The van der Waals surface area contributed by atoms with Gasteiger partial charge in [0.05, 0.1) is 12.8 Å². The second kappa shape index (κ2) is 10.8. The fraction of sp³-hybridized carbons (Fsp3) is 0.179. The maximum Gasteiger partial charge on any atom is 0.281 e. The molecule has 8 nitrogen and oxygen atoms in total. The molecule has 0 aliphatic heterocycles. The lowest BCUT2D eigenvalue weighted by molar-refractivity contribution is 0.0978. The Morgan fingerprint density at radius 3 is 2.29 bits per heavy atom. The lowest BCUT2D eigenvalue weighted by atomic mass is 10.1. The fourth-order valence-corrected chi connectivity index (χ4v) is 5.18. The third kappa shape index (κ3) is 5.79. The van der Waals surface area contributed by atoms with Gasteiger partial charge in [0.25, 0.3) is 15.9 Å². The van der Waals surface area contributed by atoms with E-state index in [-0.39, 0.29) is 16.5 Å². The fourth-order valence-electron chi connectivity index (χ4n) is 4.04. The second-order valence-corrected chi connectivity index (χ2v) is 10.8. The number of pyridine rings is 2. The van der Waals surface area contributed by atoms with E-state index in [0.717, 1.165) is 16.7 Å². The molecule has 0 saturated heterocycles. The molecule has 0 atom stereocenters. The largest absolute Gasteiger partial charge is 0.496 e. The van der Waals surface area contributed by atoms with Gasteiger partial charge in [0.1, 0.15) is 17.1 Å². The summed E-state index contributed by atoms with van der Waals surface area (Å²) in [6.45, 7) is 7.40. The van der Waals surface area contributed by atoms with Gasteiger partial charge in [-0.05, 0) is 81.3 Å². The number of hydrogen-bond donors (Lipinski definition) is 1. The second-order valence-electron chi connectivity index (χ2n) is 8.78. The predicted octanol–water partition coefficient (Wildman–Crippen LogP) is 5.95. The number of amides is 1. The van der Waals surface area contributed by atoms with Crippen molar-refractivity contribution in [2.24, 2.45) is 0 Å². The Hall–Kier alpha value is -3.95. The molecule has 0 aliphatic rings. The summed E-state index contributed by atoms with van der Waals surface area (Å²) in [5.41, 5.74) is 4.20. The zero-order valence-corrected chi connectivity index (χ0v) is 23.1. The minimum Gasteiger partial charge on any atom is -0.496 e. The Bertz CT molecular complexity index is 1630. The van der Waals surface area contributed by atoms with Crippen LogP contribution >= 0.6 is 11.6 Å². The molecule has 2 heterocycles. The molecule has 1 amide bonds. The summed E-state index contributed by atoms with van der Waals surface area (Å²) in [5, 5.41) is 0.216. The van der Waals surface area contributed by atoms with E-state index in [1.54, 1.807) is 43.3 Å². The van der Waals surface area contributed by atoms with Gasteiger partial charge < -0.3 is 9.47 Å². The minimum atomic E-state index is -4.25. The molecule has 196 valence electrons. The van der Waals surface area contributed by atoms with Crippen molar-refractivity contribution in [3.8, 4) is 28.6 Å². The van der Waals surface area contributed by atoms with Crippen LogP contribution in [0.15, 0.2) is 65.7 Å². The number of carbonyl (C=O) groups excluding carboxylic acids is 1. The van der Waals surface area contributed by atoms with Gasteiger partial charge >= 0.3 is 0 Å². The molecule has 0 radical (unpaired) electrons. The van der Waals surface area contributed by atoms with Crippen LogP contribution in [0.1, 0.15) is 32.7 Å². The van der Waals surface area contributed by atoms with Crippen LogP contribution in [0, 0.1) is 27.7 Å². The molecule has 0 spiro atoms. The molecule has 10 heteroatoms. The summed E-state index contributed by atoms with van der Waals surface area (Å²) < 4.78 is 39.5. The Morgan fingerprint density at radius 2 is 1.63 bits per heavy atom. The summed E-state index contributed by atoms with van der Waals surface area (Å²) >= 11 is 6.12. The molecule has 0 fully saturated rings. The van der Waals surface area contributed by atoms with Crippen molar-refractivity contribution in [3.63, 3.8) is 0 Å². The van der Waals surface area contributed by atoms with Crippen LogP contribution in [0.5, 0.6) is 17.4 Å². The normalized spacial score (nSPS) is 11.2. The minimum absolute atomic E-state index is 0.0699. The van der Waals surface area contributed by atoms with Crippen LogP contribution in [-0.2, 0) is 10.0 Å². The van der Waals surface area contributed by atoms with Crippen LogP contribution in [0.2, 0.25) is 5.02 Å². The maximum atomic E-state index is 13.3. The van der Waals surface area contributed by atoms with E-state index in [4.69, 9.17) is 21.1 Å². The van der Waals surface area contributed by atoms with Crippen LogP contribution in [0.25, 0.3) is 11.3 Å². The van der Waals surface area contributed by atoms with Crippen molar-refractivity contribution in [3.05, 3.63) is 93.6 Å². The lowest BCUT2D eigenvalue weighted by Crippen LogP contribution is -2.31. The van der Waals surface area contributed by atoms with E-state index in [1.165, 1.54) is 19.2 Å². The summed E-state index contributed by atoms with van der Waals surface area (Å²) in [6, 6.07) is 16.5. The number of nitrogens with one attached hydrogen (secondary N) is 1. The number of aromatic nitrogens is 2. The number of nitrogens with zero attached hydrogens (tertiary/aromatic N) is 2. The Kier molecular flexibility index (Phi) is 7.71. The summed E-state index contributed by atoms with van der Waals surface area (Å²) in [4.78, 5) is 21.9. The first kappa shape index (κ1) is 27.1. The molecule has 4 aromatic rings. The smallest absolute Gasteiger partial charge is 0.281 e. The van der Waals surface area contributed by atoms with Crippen LogP contribution in [0.3, 0.4) is 0 Å². The van der Waals surface area contributed by atoms with E-state index in [0.29, 0.717) is 33.5 Å². The summed E-state index contributed by atoms with van der Waals surface area (Å²) in [5.74, 6) is 0.0110.